The summed E-state index contributed by atoms with van der Waals surface area (Å²) in [7, 11) is 0. The van der Waals surface area contributed by atoms with Gasteiger partial charge < -0.3 is 15.1 Å². The van der Waals surface area contributed by atoms with Gasteiger partial charge >= 0.3 is 0 Å². The van der Waals surface area contributed by atoms with Crippen LogP contribution in [0.25, 0.3) is 0 Å². The molecule has 0 saturated carbocycles. The maximum Gasteiger partial charge on any atom is 0.274 e. The van der Waals surface area contributed by atoms with Gasteiger partial charge in [0.05, 0.1) is 6.04 Å². The molecule has 2 saturated heterocycles. The Labute approximate surface area is 173 Å². The molecule has 0 spiro atoms. The van der Waals surface area contributed by atoms with E-state index < -0.39 is 0 Å². The predicted octanol–water partition coefficient (Wildman–Crippen LogP) is 2.58. The van der Waals surface area contributed by atoms with Gasteiger partial charge in [0.2, 0.25) is 0 Å². The molecule has 1 unspecified atom stereocenters. The fourth-order valence-corrected chi connectivity index (χ4v) is 4.43. The van der Waals surface area contributed by atoms with Gasteiger partial charge in [0.1, 0.15) is 11.5 Å². The second kappa shape index (κ2) is 9.39. The van der Waals surface area contributed by atoms with Crippen LogP contribution < -0.4 is 10.2 Å². The topological polar surface area (TPSA) is 66.3 Å². The van der Waals surface area contributed by atoms with Crippen LogP contribution in [0.2, 0.25) is 0 Å². The molecule has 2 fully saturated rings. The Morgan fingerprint density at radius 1 is 1.24 bits per heavy atom. The number of amides is 1. The van der Waals surface area contributed by atoms with E-state index in [0.29, 0.717) is 17.7 Å². The van der Waals surface area contributed by atoms with Crippen molar-refractivity contribution < 1.29 is 4.79 Å². The number of nitrogens with one attached hydrogen (secondary N) is 1. The zero-order valence-electron chi connectivity index (χ0n) is 17.3. The van der Waals surface area contributed by atoms with Crippen molar-refractivity contribution in [1.82, 2.24) is 25.0 Å². The molecule has 7 heteroatoms. The Bertz CT molecular complexity index is 778. The number of aromatic nitrogens is 3. The van der Waals surface area contributed by atoms with Gasteiger partial charge in [-0.1, -0.05) is 6.07 Å². The Hall–Kier alpha value is -2.41. The number of carbonyl (C=O) groups excluding carboxylic acids is 1. The fourth-order valence-electron chi connectivity index (χ4n) is 4.43. The van der Waals surface area contributed by atoms with Gasteiger partial charge in [0, 0.05) is 45.1 Å². The number of rotatable bonds is 6. The van der Waals surface area contributed by atoms with Crippen molar-refractivity contribution in [2.24, 2.45) is 5.92 Å². The van der Waals surface area contributed by atoms with Gasteiger partial charge in [-0.3, -0.25) is 9.48 Å². The van der Waals surface area contributed by atoms with Gasteiger partial charge in [-0.15, -0.1) is 0 Å². The summed E-state index contributed by atoms with van der Waals surface area (Å²) in [5.41, 5.74) is 0.573. The predicted molar refractivity (Wildman–Crippen MR) is 114 cm³/mol. The molecule has 4 rings (SSSR count). The van der Waals surface area contributed by atoms with Gasteiger partial charge in [-0.25, -0.2) is 4.98 Å². The second-order valence-corrected chi connectivity index (χ2v) is 8.14. The van der Waals surface area contributed by atoms with Crippen LogP contribution in [-0.4, -0.2) is 64.8 Å². The van der Waals surface area contributed by atoms with E-state index in [-0.39, 0.29) is 5.91 Å². The number of pyridine rings is 1. The molecule has 0 aliphatic carbocycles. The monoisotopic (exact) mass is 396 g/mol. The summed E-state index contributed by atoms with van der Waals surface area (Å²) >= 11 is 0. The molecule has 29 heavy (non-hydrogen) atoms. The lowest BCUT2D eigenvalue weighted by molar-refractivity contribution is 0.0721. The standard InChI is InChI=1S/C22H32N6O/c1-2-26(17-18-8-13-27(14-9-18)21-7-3-4-12-24-21)22(29)20-10-15-28(25-20)19-6-5-11-23-16-19/h3-4,7,10,12,15,18-19,23H,2,5-6,8-9,11,13-14,16-17H2,1H3. The van der Waals surface area contributed by atoms with E-state index in [1.807, 2.05) is 40.2 Å². The van der Waals surface area contributed by atoms with Gasteiger partial charge in [0.25, 0.3) is 5.91 Å². The summed E-state index contributed by atoms with van der Waals surface area (Å²) in [4.78, 5) is 21.8. The largest absolute Gasteiger partial charge is 0.357 e. The number of hydrogen-bond acceptors (Lipinski definition) is 5. The molecule has 1 amide bonds. The molecule has 4 heterocycles. The first kappa shape index (κ1) is 19.9. The number of hydrogen-bond donors (Lipinski definition) is 1. The Morgan fingerprint density at radius 3 is 2.79 bits per heavy atom. The molecule has 0 bridgehead atoms. The van der Waals surface area contributed by atoms with Gasteiger partial charge in [-0.05, 0) is 63.3 Å². The fraction of sp³-hybridized carbons (Fsp3) is 0.591. The quantitative estimate of drug-likeness (QED) is 0.813. The summed E-state index contributed by atoms with van der Waals surface area (Å²) in [6.45, 7) is 7.59. The summed E-state index contributed by atoms with van der Waals surface area (Å²) < 4.78 is 1.97. The molecule has 2 aliphatic rings. The minimum absolute atomic E-state index is 0.0576. The van der Waals surface area contributed by atoms with Gasteiger partial charge in [-0.2, -0.15) is 5.10 Å². The maximum absolute atomic E-state index is 13.0. The third kappa shape index (κ3) is 4.78. The van der Waals surface area contributed by atoms with Crippen molar-refractivity contribution in [3.05, 3.63) is 42.4 Å². The molecule has 2 aromatic rings. The first-order chi connectivity index (χ1) is 14.2. The average molecular weight is 397 g/mol. The van der Waals surface area contributed by atoms with E-state index in [4.69, 9.17) is 0 Å². The Balaban J connectivity index is 1.32. The minimum atomic E-state index is 0.0576. The van der Waals surface area contributed by atoms with Crippen molar-refractivity contribution in [2.75, 3.05) is 44.2 Å². The highest BCUT2D eigenvalue weighted by atomic mass is 16.2. The number of anilines is 1. The van der Waals surface area contributed by atoms with E-state index >= 15 is 0 Å². The van der Waals surface area contributed by atoms with E-state index in [9.17, 15) is 4.79 Å². The van der Waals surface area contributed by atoms with E-state index in [2.05, 4.69) is 33.3 Å². The lowest BCUT2D eigenvalue weighted by Gasteiger charge is -2.35. The molecular weight excluding hydrogens is 364 g/mol. The van der Waals surface area contributed by atoms with Crippen LogP contribution in [-0.2, 0) is 0 Å². The van der Waals surface area contributed by atoms with Crippen LogP contribution in [0.3, 0.4) is 0 Å². The van der Waals surface area contributed by atoms with Crippen LogP contribution >= 0.6 is 0 Å². The maximum atomic E-state index is 13.0. The van der Waals surface area contributed by atoms with Crippen molar-refractivity contribution in [1.29, 1.82) is 0 Å². The number of carbonyl (C=O) groups is 1. The molecule has 156 valence electrons. The first-order valence-corrected chi connectivity index (χ1v) is 11.0. The van der Waals surface area contributed by atoms with E-state index in [0.717, 1.165) is 70.8 Å². The van der Waals surface area contributed by atoms with E-state index in [1.54, 1.807) is 0 Å². The van der Waals surface area contributed by atoms with Crippen molar-refractivity contribution in [3.8, 4) is 0 Å². The molecule has 0 radical (unpaired) electrons. The summed E-state index contributed by atoms with van der Waals surface area (Å²) in [5, 5.41) is 8.03. The molecule has 2 aromatic heterocycles. The van der Waals surface area contributed by atoms with Crippen LogP contribution in [0.5, 0.6) is 0 Å². The molecular formula is C22H32N6O. The van der Waals surface area contributed by atoms with Crippen molar-refractivity contribution >= 4 is 11.7 Å². The number of piperidine rings is 2. The van der Waals surface area contributed by atoms with Crippen LogP contribution in [0.15, 0.2) is 36.7 Å². The molecule has 1 atom stereocenters. The summed E-state index contributed by atoms with van der Waals surface area (Å²) in [6.07, 6.45) is 8.26. The highest BCUT2D eigenvalue weighted by Crippen LogP contribution is 2.23. The lowest BCUT2D eigenvalue weighted by atomic mass is 9.96. The molecule has 2 aliphatic heterocycles. The normalized spacial score (nSPS) is 20.6. The smallest absolute Gasteiger partial charge is 0.274 e. The molecule has 1 N–H and O–H groups in total. The van der Waals surface area contributed by atoms with Crippen LogP contribution in [0.1, 0.15) is 49.1 Å². The Kier molecular flexibility index (Phi) is 6.44. The third-order valence-electron chi connectivity index (χ3n) is 6.21. The van der Waals surface area contributed by atoms with E-state index in [1.165, 1.54) is 0 Å². The zero-order valence-corrected chi connectivity index (χ0v) is 17.3. The average Bonchev–Trinajstić information content (AvgIpc) is 3.29. The summed E-state index contributed by atoms with van der Waals surface area (Å²) in [5.74, 6) is 1.64. The highest BCUT2D eigenvalue weighted by Gasteiger charge is 2.26. The first-order valence-electron chi connectivity index (χ1n) is 11.0. The van der Waals surface area contributed by atoms with Crippen LogP contribution in [0, 0.1) is 5.92 Å². The second-order valence-electron chi connectivity index (χ2n) is 8.14. The lowest BCUT2D eigenvalue weighted by Crippen LogP contribution is -2.41. The Morgan fingerprint density at radius 2 is 2.10 bits per heavy atom. The van der Waals surface area contributed by atoms with Crippen molar-refractivity contribution in [3.63, 3.8) is 0 Å². The molecule has 7 nitrogen and oxygen atoms in total. The van der Waals surface area contributed by atoms with Crippen molar-refractivity contribution in [2.45, 2.75) is 38.6 Å². The summed E-state index contributed by atoms with van der Waals surface area (Å²) in [6, 6.07) is 8.29. The minimum Gasteiger partial charge on any atom is -0.357 e. The van der Waals surface area contributed by atoms with Crippen LogP contribution in [0.4, 0.5) is 5.82 Å². The highest BCUT2D eigenvalue weighted by molar-refractivity contribution is 5.92. The van der Waals surface area contributed by atoms with Gasteiger partial charge in [0.15, 0.2) is 0 Å². The SMILES string of the molecule is CCN(CC1CCN(c2ccccn2)CC1)C(=O)c1ccn(C2CCCNC2)n1. The third-order valence-corrected chi connectivity index (χ3v) is 6.21. The zero-order chi connectivity index (χ0) is 20.1. The molecule has 0 aromatic carbocycles. The number of nitrogens with zero attached hydrogens (tertiary/aromatic N) is 5.